The number of carbonyl (C=O) groups is 3. The molecular formula is C21H14N2O5. The number of phenolic OH excluding ortho intramolecular Hbond substituents is 2. The van der Waals surface area contributed by atoms with Crippen LogP contribution in [0.2, 0.25) is 0 Å². The third-order valence-electron chi connectivity index (χ3n) is 4.36. The molecule has 138 valence electrons. The standard InChI is InChI=1S/C21H14N2O5/c24-15-5-1-3-13(10-15)23(14-4-2-6-16(25)11-14)21(28)12-7-8-17-18(9-12)20(27)22-19(17)26/h1-11,24-25H,(H,22,26,27). The van der Waals surface area contributed by atoms with E-state index < -0.39 is 17.7 Å². The number of amides is 3. The van der Waals surface area contributed by atoms with Crippen molar-refractivity contribution in [2.24, 2.45) is 0 Å². The number of carbonyl (C=O) groups excluding carboxylic acids is 3. The van der Waals surface area contributed by atoms with Crippen LogP contribution in [0.25, 0.3) is 0 Å². The number of nitrogens with zero attached hydrogens (tertiary/aromatic N) is 1. The normalized spacial score (nSPS) is 12.4. The monoisotopic (exact) mass is 374 g/mol. The van der Waals surface area contributed by atoms with Gasteiger partial charge in [0.2, 0.25) is 0 Å². The highest BCUT2D eigenvalue weighted by molar-refractivity contribution is 6.22. The van der Waals surface area contributed by atoms with E-state index in [9.17, 15) is 24.6 Å². The molecule has 7 nitrogen and oxygen atoms in total. The number of anilines is 2. The zero-order chi connectivity index (χ0) is 19.8. The van der Waals surface area contributed by atoms with E-state index in [0.717, 1.165) is 0 Å². The summed E-state index contributed by atoms with van der Waals surface area (Å²) in [6.07, 6.45) is 0. The zero-order valence-electron chi connectivity index (χ0n) is 14.4. The predicted octanol–water partition coefficient (Wildman–Crippen LogP) is 2.96. The summed E-state index contributed by atoms with van der Waals surface area (Å²) in [6.45, 7) is 0. The fraction of sp³-hybridized carbons (Fsp3) is 0. The highest BCUT2D eigenvalue weighted by Crippen LogP contribution is 2.32. The summed E-state index contributed by atoms with van der Waals surface area (Å²) < 4.78 is 0. The summed E-state index contributed by atoms with van der Waals surface area (Å²) in [5.41, 5.74) is 1.26. The van der Waals surface area contributed by atoms with Crippen LogP contribution in [0.1, 0.15) is 31.1 Å². The lowest BCUT2D eigenvalue weighted by atomic mass is 10.0. The molecule has 3 aromatic carbocycles. The van der Waals surface area contributed by atoms with E-state index >= 15 is 0 Å². The Labute approximate surface area is 159 Å². The summed E-state index contributed by atoms with van der Waals surface area (Å²) in [5.74, 6) is -1.62. The van der Waals surface area contributed by atoms with Crippen molar-refractivity contribution >= 4 is 29.1 Å². The van der Waals surface area contributed by atoms with Crippen LogP contribution in [0.3, 0.4) is 0 Å². The Kier molecular flexibility index (Phi) is 4.04. The molecule has 1 aliphatic rings. The maximum atomic E-state index is 13.3. The van der Waals surface area contributed by atoms with Gasteiger partial charge < -0.3 is 10.2 Å². The Bertz CT molecular complexity index is 1090. The molecule has 0 saturated carbocycles. The lowest BCUT2D eigenvalue weighted by Gasteiger charge is -2.23. The number of benzene rings is 3. The van der Waals surface area contributed by atoms with Crippen molar-refractivity contribution in [1.29, 1.82) is 0 Å². The van der Waals surface area contributed by atoms with Gasteiger partial charge in [-0.25, -0.2) is 0 Å². The van der Waals surface area contributed by atoms with Crippen LogP contribution in [-0.2, 0) is 0 Å². The van der Waals surface area contributed by atoms with E-state index in [1.165, 1.54) is 47.4 Å². The first kappa shape index (κ1) is 17.3. The van der Waals surface area contributed by atoms with Crippen molar-refractivity contribution in [2.75, 3.05) is 4.90 Å². The molecule has 1 heterocycles. The average molecular weight is 374 g/mol. The lowest BCUT2D eigenvalue weighted by Crippen LogP contribution is -2.26. The van der Waals surface area contributed by atoms with E-state index in [1.807, 2.05) is 0 Å². The molecule has 3 aromatic rings. The van der Waals surface area contributed by atoms with Crippen LogP contribution in [0.4, 0.5) is 11.4 Å². The number of imide groups is 1. The van der Waals surface area contributed by atoms with Gasteiger partial charge in [-0.2, -0.15) is 0 Å². The maximum absolute atomic E-state index is 13.3. The van der Waals surface area contributed by atoms with Crippen molar-refractivity contribution in [1.82, 2.24) is 5.32 Å². The van der Waals surface area contributed by atoms with Gasteiger partial charge in [0.25, 0.3) is 17.7 Å². The van der Waals surface area contributed by atoms with Gasteiger partial charge >= 0.3 is 0 Å². The second-order valence-corrected chi connectivity index (χ2v) is 6.22. The molecule has 1 aliphatic heterocycles. The minimum atomic E-state index is -0.559. The molecule has 0 aromatic heterocycles. The van der Waals surface area contributed by atoms with E-state index in [-0.39, 0.29) is 28.2 Å². The average Bonchev–Trinajstić information content (AvgIpc) is 2.95. The number of fused-ring (bicyclic) bond motifs is 1. The molecule has 0 fully saturated rings. The first-order chi connectivity index (χ1) is 13.4. The fourth-order valence-electron chi connectivity index (χ4n) is 3.08. The van der Waals surface area contributed by atoms with Crippen LogP contribution in [0.15, 0.2) is 66.7 Å². The van der Waals surface area contributed by atoms with E-state index in [0.29, 0.717) is 11.4 Å². The number of aromatic hydroxyl groups is 2. The van der Waals surface area contributed by atoms with Crippen LogP contribution in [0.5, 0.6) is 11.5 Å². The largest absolute Gasteiger partial charge is 0.508 e. The predicted molar refractivity (Wildman–Crippen MR) is 101 cm³/mol. The van der Waals surface area contributed by atoms with Gasteiger partial charge in [-0.05, 0) is 42.5 Å². The van der Waals surface area contributed by atoms with Gasteiger partial charge in [-0.3, -0.25) is 24.6 Å². The summed E-state index contributed by atoms with van der Waals surface area (Å²) in [4.78, 5) is 38.3. The topological polar surface area (TPSA) is 107 Å². The molecule has 4 rings (SSSR count). The first-order valence-corrected chi connectivity index (χ1v) is 8.36. The SMILES string of the molecule is O=C1NC(=O)c2cc(C(=O)N(c3cccc(O)c3)c3cccc(O)c3)ccc21. The molecular weight excluding hydrogens is 360 g/mol. The lowest BCUT2D eigenvalue weighted by molar-refractivity contribution is 0.0879. The number of phenols is 2. The molecule has 7 heteroatoms. The van der Waals surface area contributed by atoms with Crippen LogP contribution in [0, 0.1) is 0 Å². The van der Waals surface area contributed by atoms with Gasteiger partial charge in [0, 0.05) is 17.7 Å². The minimum Gasteiger partial charge on any atom is -0.508 e. The highest BCUT2D eigenvalue weighted by atomic mass is 16.3. The Balaban J connectivity index is 1.83. The molecule has 0 atom stereocenters. The van der Waals surface area contributed by atoms with Crippen molar-refractivity contribution in [3.05, 3.63) is 83.4 Å². The number of hydrogen-bond donors (Lipinski definition) is 3. The van der Waals surface area contributed by atoms with Crippen molar-refractivity contribution in [2.45, 2.75) is 0 Å². The summed E-state index contributed by atoms with van der Waals surface area (Å²) >= 11 is 0. The van der Waals surface area contributed by atoms with Crippen molar-refractivity contribution in [3.8, 4) is 11.5 Å². The molecule has 0 saturated heterocycles. The van der Waals surface area contributed by atoms with Crippen molar-refractivity contribution < 1.29 is 24.6 Å². The smallest absolute Gasteiger partial charge is 0.262 e. The number of rotatable bonds is 3. The quantitative estimate of drug-likeness (QED) is 0.611. The second-order valence-electron chi connectivity index (χ2n) is 6.22. The fourth-order valence-corrected chi connectivity index (χ4v) is 3.08. The van der Waals surface area contributed by atoms with Gasteiger partial charge in [0.05, 0.1) is 22.5 Å². The second kappa shape index (κ2) is 6.55. The highest BCUT2D eigenvalue weighted by Gasteiger charge is 2.29. The maximum Gasteiger partial charge on any atom is 0.262 e. The van der Waals surface area contributed by atoms with E-state index in [2.05, 4.69) is 5.32 Å². The molecule has 28 heavy (non-hydrogen) atoms. The minimum absolute atomic E-state index is 0.0330. The van der Waals surface area contributed by atoms with Gasteiger partial charge in [0.15, 0.2) is 0 Å². The van der Waals surface area contributed by atoms with Gasteiger partial charge in [0.1, 0.15) is 11.5 Å². The molecule has 0 bridgehead atoms. The molecule has 0 aliphatic carbocycles. The third-order valence-corrected chi connectivity index (χ3v) is 4.36. The van der Waals surface area contributed by atoms with Crippen LogP contribution >= 0.6 is 0 Å². The molecule has 3 amide bonds. The van der Waals surface area contributed by atoms with Crippen molar-refractivity contribution in [3.63, 3.8) is 0 Å². The third kappa shape index (κ3) is 2.95. The Hall–Kier alpha value is -4.13. The molecule has 0 radical (unpaired) electrons. The summed E-state index contributed by atoms with van der Waals surface area (Å²) in [6, 6.07) is 16.4. The Morgan fingerprint density at radius 1 is 0.750 bits per heavy atom. The van der Waals surface area contributed by atoms with Gasteiger partial charge in [-0.15, -0.1) is 0 Å². The first-order valence-electron chi connectivity index (χ1n) is 8.36. The summed E-state index contributed by atoms with van der Waals surface area (Å²) in [7, 11) is 0. The molecule has 0 spiro atoms. The van der Waals surface area contributed by atoms with Crippen LogP contribution < -0.4 is 10.2 Å². The number of nitrogens with one attached hydrogen (secondary N) is 1. The summed E-state index contributed by atoms with van der Waals surface area (Å²) in [5, 5.41) is 21.8. The van der Waals surface area contributed by atoms with E-state index in [4.69, 9.17) is 0 Å². The van der Waals surface area contributed by atoms with Gasteiger partial charge in [-0.1, -0.05) is 12.1 Å². The molecule has 3 N–H and O–H groups in total. The number of hydrogen-bond acceptors (Lipinski definition) is 5. The Morgan fingerprint density at radius 3 is 1.89 bits per heavy atom. The molecule has 0 unspecified atom stereocenters. The van der Waals surface area contributed by atoms with Crippen LogP contribution in [-0.4, -0.2) is 27.9 Å². The Morgan fingerprint density at radius 2 is 1.32 bits per heavy atom. The zero-order valence-corrected chi connectivity index (χ0v) is 14.4. The van der Waals surface area contributed by atoms with E-state index in [1.54, 1.807) is 24.3 Å².